The number of ether oxygens (including phenoxy) is 1. The lowest BCUT2D eigenvalue weighted by Crippen LogP contribution is -2.42. The summed E-state index contributed by atoms with van der Waals surface area (Å²) in [4.78, 5) is 25.3. The van der Waals surface area contributed by atoms with E-state index < -0.39 is 34.4 Å². The van der Waals surface area contributed by atoms with Crippen LogP contribution in [0.4, 0.5) is 0 Å². The molecule has 0 spiro atoms. The molecule has 10 heteroatoms. The molecular weight excluding hydrogens is 302 g/mol. The second kappa shape index (κ2) is 6.78. The molecule has 1 heterocycles. The molecule has 1 aromatic heterocycles. The van der Waals surface area contributed by atoms with E-state index in [1.54, 1.807) is 6.07 Å². The summed E-state index contributed by atoms with van der Waals surface area (Å²) < 4.78 is 30.1. The van der Waals surface area contributed by atoms with Crippen molar-refractivity contribution in [3.8, 4) is 6.07 Å². The van der Waals surface area contributed by atoms with Crippen molar-refractivity contribution in [3.05, 3.63) is 24.0 Å². The average molecular weight is 313 g/mol. The molecule has 112 valence electrons. The monoisotopic (exact) mass is 313 g/mol. The Labute approximate surface area is 120 Å². The summed E-state index contributed by atoms with van der Waals surface area (Å²) in [6.45, 7) is 0. The van der Waals surface area contributed by atoms with E-state index in [-0.39, 0.29) is 10.6 Å². The second-order valence-electron chi connectivity index (χ2n) is 3.78. The van der Waals surface area contributed by atoms with E-state index in [0.29, 0.717) is 0 Å². The van der Waals surface area contributed by atoms with Crippen LogP contribution in [0.2, 0.25) is 0 Å². The van der Waals surface area contributed by atoms with Crippen LogP contribution >= 0.6 is 0 Å². The van der Waals surface area contributed by atoms with Gasteiger partial charge in [-0.05, 0) is 12.1 Å². The highest BCUT2D eigenvalue weighted by Gasteiger charge is 2.28. The molecule has 0 radical (unpaired) electrons. The molecule has 0 unspecified atom stereocenters. The van der Waals surface area contributed by atoms with Gasteiger partial charge in [0.1, 0.15) is 22.7 Å². The molecule has 0 saturated heterocycles. The van der Waals surface area contributed by atoms with Crippen LogP contribution < -0.4 is 4.72 Å². The molecule has 0 fully saturated rings. The van der Waals surface area contributed by atoms with Gasteiger partial charge in [-0.25, -0.2) is 13.4 Å². The fourth-order valence-corrected chi connectivity index (χ4v) is 2.42. The highest BCUT2D eigenvalue weighted by Crippen LogP contribution is 2.09. The molecule has 9 nitrogen and oxygen atoms in total. The molecule has 0 amide bonds. The first kappa shape index (κ1) is 16.5. The lowest BCUT2D eigenvalue weighted by molar-refractivity contribution is -0.147. The van der Waals surface area contributed by atoms with Crippen LogP contribution in [-0.4, -0.2) is 43.6 Å². The summed E-state index contributed by atoms with van der Waals surface area (Å²) in [7, 11) is -3.14. The van der Waals surface area contributed by atoms with Crippen LogP contribution in [0.15, 0.2) is 23.2 Å². The van der Waals surface area contributed by atoms with Gasteiger partial charge < -0.3 is 9.84 Å². The van der Waals surface area contributed by atoms with E-state index >= 15 is 0 Å². The Bertz CT molecular complexity index is 677. The van der Waals surface area contributed by atoms with Gasteiger partial charge in [-0.15, -0.1) is 0 Å². The van der Waals surface area contributed by atoms with E-state index in [1.165, 1.54) is 6.07 Å². The van der Waals surface area contributed by atoms with Crippen LogP contribution in [0.3, 0.4) is 0 Å². The molecule has 0 bridgehead atoms. The van der Waals surface area contributed by atoms with Crippen molar-refractivity contribution in [2.24, 2.45) is 0 Å². The molecule has 0 aliphatic rings. The SMILES string of the molecule is COC(=O)C[C@H](NS(=O)(=O)c1ccc(C#N)nc1)C(=O)O. The Kier molecular flexibility index (Phi) is 5.34. The lowest BCUT2D eigenvalue weighted by atomic mass is 10.2. The number of carbonyl (C=O) groups is 2. The first-order chi connectivity index (χ1) is 9.80. The Balaban J connectivity index is 2.97. The first-order valence-corrected chi connectivity index (χ1v) is 6.96. The first-order valence-electron chi connectivity index (χ1n) is 5.48. The van der Waals surface area contributed by atoms with Crippen LogP contribution in [-0.2, 0) is 24.3 Å². The topological polar surface area (TPSA) is 146 Å². The minimum atomic E-state index is -4.19. The van der Waals surface area contributed by atoms with Crippen molar-refractivity contribution in [1.29, 1.82) is 5.26 Å². The van der Waals surface area contributed by atoms with E-state index in [9.17, 15) is 18.0 Å². The summed E-state index contributed by atoms with van der Waals surface area (Å²) >= 11 is 0. The van der Waals surface area contributed by atoms with Crippen LogP contribution in [0.1, 0.15) is 12.1 Å². The maximum Gasteiger partial charge on any atom is 0.322 e. The summed E-state index contributed by atoms with van der Waals surface area (Å²) in [5.41, 5.74) is 0.0123. The van der Waals surface area contributed by atoms with E-state index in [2.05, 4.69) is 9.72 Å². The van der Waals surface area contributed by atoms with Gasteiger partial charge >= 0.3 is 11.9 Å². The number of hydrogen-bond acceptors (Lipinski definition) is 7. The normalized spacial score (nSPS) is 12.2. The number of rotatable bonds is 6. The number of sulfonamides is 1. The zero-order valence-corrected chi connectivity index (χ0v) is 11.6. The smallest absolute Gasteiger partial charge is 0.322 e. The van der Waals surface area contributed by atoms with Crippen molar-refractivity contribution in [1.82, 2.24) is 9.71 Å². The molecule has 21 heavy (non-hydrogen) atoms. The number of carboxylic acids is 1. The molecule has 0 aromatic carbocycles. The molecule has 1 atom stereocenters. The largest absolute Gasteiger partial charge is 0.480 e. The van der Waals surface area contributed by atoms with E-state index in [4.69, 9.17) is 10.4 Å². The molecule has 1 rings (SSSR count). The number of methoxy groups -OCH3 is 1. The Hall–Kier alpha value is -2.51. The molecule has 0 saturated carbocycles. The summed E-state index contributed by atoms with van der Waals surface area (Å²) in [6.07, 6.45) is 0.257. The summed E-state index contributed by atoms with van der Waals surface area (Å²) in [5, 5.41) is 17.5. The summed E-state index contributed by atoms with van der Waals surface area (Å²) in [5.74, 6) is -2.39. The predicted octanol–water partition coefficient (Wildman–Crippen LogP) is -0.752. The summed E-state index contributed by atoms with van der Waals surface area (Å²) in [6, 6.07) is 2.32. The number of nitrogens with one attached hydrogen (secondary N) is 1. The van der Waals surface area contributed by atoms with Crippen molar-refractivity contribution in [2.45, 2.75) is 17.4 Å². The Morgan fingerprint density at radius 2 is 2.19 bits per heavy atom. The van der Waals surface area contributed by atoms with E-state index in [1.807, 2.05) is 4.72 Å². The lowest BCUT2D eigenvalue weighted by Gasteiger charge is -2.13. The minimum absolute atomic E-state index is 0.0123. The molecule has 1 aromatic rings. The number of nitriles is 1. The molecule has 0 aliphatic heterocycles. The number of nitrogens with zero attached hydrogens (tertiary/aromatic N) is 2. The molecular formula is C11H11N3O6S. The molecule has 0 aliphatic carbocycles. The third-order valence-corrected chi connectivity index (χ3v) is 3.81. The quantitative estimate of drug-likeness (QED) is 0.652. The van der Waals surface area contributed by atoms with Gasteiger partial charge in [0, 0.05) is 6.20 Å². The standard InChI is InChI=1S/C11H11N3O6S/c1-20-10(15)4-9(11(16)17)14-21(18,19)8-3-2-7(5-12)13-6-8/h2-3,6,9,14H,4H2,1H3,(H,16,17)/t9-/m0/s1. The number of esters is 1. The third-order valence-electron chi connectivity index (χ3n) is 2.36. The molecule has 2 N–H and O–H groups in total. The maximum absolute atomic E-state index is 12.0. The van der Waals surface area contributed by atoms with Crippen LogP contribution in [0.5, 0.6) is 0 Å². The fourth-order valence-electron chi connectivity index (χ4n) is 1.29. The van der Waals surface area contributed by atoms with Crippen LogP contribution in [0.25, 0.3) is 0 Å². The number of pyridine rings is 1. The number of carboxylic acid groups (broad SMARTS) is 1. The minimum Gasteiger partial charge on any atom is -0.480 e. The maximum atomic E-state index is 12.0. The highest BCUT2D eigenvalue weighted by molar-refractivity contribution is 7.89. The van der Waals surface area contributed by atoms with Gasteiger partial charge in [0.25, 0.3) is 0 Å². The van der Waals surface area contributed by atoms with Gasteiger partial charge in [0.2, 0.25) is 10.0 Å². The van der Waals surface area contributed by atoms with Crippen LogP contribution in [0, 0.1) is 11.3 Å². The predicted molar refractivity (Wildman–Crippen MR) is 67.3 cm³/mol. The highest BCUT2D eigenvalue weighted by atomic mass is 32.2. The average Bonchev–Trinajstić information content (AvgIpc) is 2.46. The zero-order valence-electron chi connectivity index (χ0n) is 10.8. The van der Waals surface area contributed by atoms with Gasteiger partial charge in [-0.2, -0.15) is 9.98 Å². The number of aliphatic carboxylic acids is 1. The number of hydrogen-bond donors (Lipinski definition) is 2. The van der Waals surface area contributed by atoms with Crippen molar-refractivity contribution in [3.63, 3.8) is 0 Å². The Morgan fingerprint density at radius 3 is 2.62 bits per heavy atom. The van der Waals surface area contributed by atoms with Gasteiger partial charge in [-0.3, -0.25) is 9.59 Å². The Morgan fingerprint density at radius 1 is 1.52 bits per heavy atom. The van der Waals surface area contributed by atoms with Crippen molar-refractivity contribution >= 4 is 22.0 Å². The van der Waals surface area contributed by atoms with Gasteiger partial charge in [0.15, 0.2) is 0 Å². The fraction of sp³-hybridized carbons (Fsp3) is 0.273. The van der Waals surface area contributed by atoms with Crippen molar-refractivity contribution < 1.29 is 27.9 Å². The number of aromatic nitrogens is 1. The zero-order chi connectivity index (χ0) is 16.0. The third kappa shape index (κ3) is 4.51. The second-order valence-corrected chi connectivity index (χ2v) is 5.50. The van der Waals surface area contributed by atoms with Gasteiger partial charge in [0.05, 0.1) is 13.5 Å². The van der Waals surface area contributed by atoms with E-state index in [0.717, 1.165) is 19.4 Å². The van der Waals surface area contributed by atoms with Gasteiger partial charge in [-0.1, -0.05) is 0 Å². The van der Waals surface area contributed by atoms with Crippen molar-refractivity contribution in [2.75, 3.05) is 7.11 Å². The number of carbonyl (C=O) groups excluding carboxylic acids is 1.